The Morgan fingerprint density at radius 2 is 1.86 bits per heavy atom. The minimum absolute atomic E-state index is 0.0865. The Kier molecular flexibility index (Phi) is 5.30. The number of benzene rings is 2. The third-order valence-corrected chi connectivity index (χ3v) is 4.92. The molecule has 3 N–H and O–H groups in total. The van der Waals surface area contributed by atoms with Crippen LogP contribution in [0.1, 0.15) is 21.9 Å². The van der Waals surface area contributed by atoms with Gasteiger partial charge in [0.25, 0.3) is 5.91 Å². The lowest BCUT2D eigenvalue weighted by atomic mass is 10.2. The Balaban J connectivity index is 1.30. The van der Waals surface area contributed by atoms with E-state index in [4.69, 9.17) is 0 Å². The van der Waals surface area contributed by atoms with E-state index in [9.17, 15) is 14.0 Å². The number of para-hydroxylation sites is 2. The van der Waals surface area contributed by atoms with Crippen molar-refractivity contribution in [3.05, 3.63) is 76.8 Å². The van der Waals surface area contributed by atoms with Crippen LogP contribution in [0.5, 0.6) is 0 Å². The summed E-state index contributed by atoms with van der Waals surface area (Å²) in [6, 6.07) is 12.9. The van der Waals surface area contributed by atoms with Crippen molar-refractivity contribution in [1.82, 2.24) is 20.3 Å². The average Bonchev–Trinajstić information content (AvgIpc) is 3.33. The van der Waals surface area contributed by atoms with Crippen LogP contribution in [0.3, 0.4) is 0 Å². The first kappa shape index (κ1) is 18.8. The van der Waals surface area contributed by atoms with E-state index in [1.165, 1.54) is 35.6 Å². The molecule has 0 aliphatic rings. The minimum Gasteiger partial charge on any atom is -0.349 e. The zero-order valence-corrected chi connectivity index (χ0v) is 15.9. The van der Waals surface area contributed by atoms with Crippen molar-refractivity contribution in [2.24, 2.45) is 0 Å². The van der Waals surface area contributed by atoms with Crippen LogP contribution in [0.2, 0.25) is 0 Å². The van der Waals surface area contributed by atoms with Crippen LogP contribution in [-0.4, -0.2) is 26.8 Å². The normalized spacial score (nSPS) is 10.8. The van der Waals surface area contributed by atoms with E-state index in [1.54, 1.807) is 5.38 Å². The third-order valence-electron chi connectivity index (χ3n) is 4.11. The molecule has 2 aromatic heterocycles. The topological polar surface area (TPSA) is 99.8 Å². The van der Waals surface area contributed by atoms with Gasteiger partial charge in [0.2, 0.25) is 5.91 Å². The van der Waals surface area contributed by atoms with Crippen molar-refractivity contribution < 1.29 is 14.0 Å². The first-order valence-electron chi connectivity index (χ1n) is 8.78. The number of carbonyl (C=O) groups is 2. The monoisotopic (exact) mass is 409 g/mol. The van der Waals surface area contributed by atoms with Gasteiger partial charge in [-0.15, -0.1) is 11.3 Å². The number of nitrogens with zero attached hydrogens (tertiary/aromatic N) is 2. The van der Waals surface area contributed by atoms with E-state index in [-0.39, 0.29) is 24.8 Å². The molecule has 0 bridgehead atoms. The lowest BCUT2D eigenvalue weighted by Gasteiger charge is -2.02. The fraction of sp³-hybridized carbons (Fsp3) is 0.100. The van der Waals surface area contributed by atoms with Crippen molar-refractivity contribution in [3.63, 3.8) is 0 Å². The van der Waals surface area contributed by atoms with Gasteiger partial charge in [-0.2, -0.15) is 0 Å². The Morgan fingerprint density at radius 1 is 1.07 bits per heavy atom. The van der Waals surface area contributed by atoms with Gasteiger partial charge >= 0.3 is 0 Å². The van der Waals surface area contributed by atoms with Crippen molar-refractivity contribution in [3.8, 4) is 0 Å². The standard InChI is InChI=1S/C20H16FN5O2S/c21-13-7-5-12(6-8-13)19(28)26-20-23-14(11-29-20)9-18(27)22-10-17-24-15-3-1-2-4-16(15)25-17/h1-8,11H,9-10H2,(H,22,27)(H,24,25)(H,23,26,28). The van der Waals surface area contributed by atoms with Gasteiger partial charge in [-0.05, 0) is 36.4 Å². The summed E-state index contributed by atoms with van der Waals surface area (Å²) in [5, 5.41) is 7.53. The number of nitrogens with one attached hydrogen (secondary N) is 3. The number of H-pyrrole nitrogens is 1. The number of halogens is 1. The van der Waals surface area contributed by atoms with Crippen LogP contribution < -0.4 is 10.6 Å². The van der Waals surface area contributed by atoms with Gasteiger partial charge in [0.1, 0.15) is 11.6 Å². The highest BCUT2D eigenvalue weighted by Crippen LogP contribution is 2.17. The summed E-state index contributed by atoms with van der Waals surface area (Å²) in [4.78, 5) is 36.1. The maximum atomic E-state index is 12.9. The van der Waals surface area contributed by atoms with Gasteiger partial charge < -0.3 is 10.3 Å². The molecular weight excluding hydrogens is 393 g/mol. The highest BCUT2D eigenvalue weighted by molar-refractivity contribution is 7.14. The summed E-state index contributed by atoms with van der Waals surface area (Å²) < 4.78 is 12.9. The molecule has 0 unspecified atom stereocenters. The van der Waals surface area contributed by atoms with Crippen LogP contribution >= 0.6 is 11.3 Å². The molecule has 0 atom stereocenters. The van der Waals surface area contributed by atoms with Gasteiger partial charge in [-0.25, -0.2) is 14.4 Å². The molecular formula is C20H16FN5O2S. The molecule has 0 saturated heterocycles. The van der Waals surface area contributed by atoms with Gasteiger partial charge in [0.05, 0.1) is 29.7 Å². The lowest BCUT2D eigenvalue weighted by molar-refractivity contribution is -0.120. The largest absolute Gasteiger partial charge is 0.349 e. The average molecular weight is 409 g/mol. The maximum absolute atomic E-state index is 12.9. The highest BCUT2D eigenvalue weighted by atomic mass is 32.1. The molecule has 0 fully saturated rings. The molecule has 0 spiro atoms. The van der Waals surface area contributed by atoms with Gasteiger partial charge in [-0.1, -0.05) is 12.1 Å². The van der Waals surface area contributed by atoms with E-state index in [2.05, 4.69) is 25.6 Å². The summed E-state index contributed by atoms with van der Waals surface area (Å²) in [6.45, 7) is 0.284. The zero-order chi connectivity index (χ0) is 20.2. The van der Waals surface area contributed by atoms with Crippen LogP contribution in [0.15, 0.2) is 53.9 Å². The van der Waals surface area contributed by atoms with E-state index in [0.29, 0.717) is 22.2 Å². The quantitative estimate of drug-likeness (QED) is 0.455. The van der Waals surface area contributed by atoms with Crippen LogP contribution in [0.25, 0.3) is 11.0 Å². The van der Waals surface area contributed by atoms with Gasteiger partial charge in [-0.3, -0.25) is 14.9 Å². The Bertz CT molecular complexity index is 1140. The Morgan fingerprint density at radius 3 is 2.66 bits per heavy atom. The van der Waals surface area contributed by atoms with E-state index in [0.717, 1.165) is 11.0 Å². The molecule has 4 aromatic rings. The molecule has 0 aliphatic carbocycles. The van der Waals surface area contributed by atoms with Crippen molar-refractivity contribution in [2.75, 3.05) is 5.32 Å². The number of hydrogen-bond acceptors (Lipinski definition) is 5. The molecule has 0 radical (unpaired) electrons. The Labute approximate surface area is 169 Å². The van der Waals surface area contributed by atoms with Gasteiger partial charge in [0.15, 0.2) is 5.13 Å². The fourth-order valence-electron chi connectivity index (χ4n) is 2.71. The predicted octanol–water partition coefficient (Wildman–Crippen LogP) is 3.27. The van der Waals surface area contributed by atoms with Crippen molar-refractivity contribution in [2.45, 2.75) is 13.0 Å². The number of anilines is 1. The number of thiazole rings is 1. The third kappa shape index (κ3) is 4.64. The number of hydrogen-bond donors (Lipinski definition) is 3. The number of imidazole rings is 1. The van der Waals surface area contributed by atoms with E-state index >= 15 is 0 Å². The van der Waals surface area contributed by atoms with Crippen molar-refractivity contribution >= 4 is 39.3 Å². The molecule has 9 heteroatoms. The summed E-state index contributed by atoms with van der Waals surface area (Å²) in [7, 11) is 0. The second-order valence-corrected chi connectivity index (χ2v) is 7.12. The number of fused-ring (bicyclic) bond motifs is 1. The second-order valence-electron chi connectivity index (χ2n) is 6.26. The van der Waals surface area contributed by atoms with Crippen LogP contribution in [0.4, 0.5) is 9.52 Å². The predicted molar refractivity (Wildman–Crippen MR) is 108 cm³/mol. The van der Waals surface area contributed by atoms with Crippen molar-refractivity contribution in [1.29, 1.82) is 0 Å². The first-order chi connectivity index (χ1) is 14.1. The molecule has 146 valence electrons. The molecule has 2 aromatic carbocycles. The molecule has 2 amide bonds. The molecule has 0 saturated carbocycles. The summed E-state index contributed by atoms with van der Waals surface area (Å²) >= 11 is 1.22. The van der Waals surface area contributed by atoms with Crippen LogP contribution in [0, 0.1) is 5.82 Å². The number of aromatic amines is 1. The number of rotatable bonds is 6. The highest BCUT2D eigenvalue weighted by Gasteiger charge is 2.12. The first-order valence-corrected chi connectivity index (χ1v) is 9.66. The smallest absolute Gasteiger partial charge is 0.257 e. The summed E-state index contributed by atoms with van der Waals surface area (Å²) in [5.74, 6) is -0.329. The summed E-state index contributed by atoms with van der Waals surface area (Å²) in [6.07, 6.45) is 0.0865. The second kappa shape index (κ2) is 8.19. The minimum atomic E-state index is -0.410. The fourth-order valence-corrected chi connectivity index (χ4v) is 3.42. The Hall–Kier alpha value is -3.59. The number of aromatic nitrogens is 3. The molecule has 0 aliphatic heterocycles. The van der Waals surface area contributed by atoms with E-state index in [1.807, 2.05) is 24.3 Å². The lowest BCUT2D eigenvalue weighted by Crippen LogP contribution is -2.25. The molecule has 4 rings (SSSR count). The van der Waals surface area contributed by atoms with Crippen LogP contribution in [-0.2, 0) is 17.8 Å². The maximum Gasteiger partial charge on any atom is 0.257 e. The zero-order valence-electron chi connectivity index (χ0n) is 15.1. The van der Waals surface area contributed by atoms with E-state index < -0.39 is 5.82 Å². The molecule has 7 nitrogen and oxygen atoms in total. The van der Waals surface area contributed by atoms with Gasteiger partial charge in [0, 0.05) is 10.9 Å². The SMILES string of the molecule is O=C(Cc1csc(NC(=O)c2ccc(F)cc2)n1)NCc1nc2ccccc2[nH]1. The molecule has 29 heavy (non-hydrogen) atoms. The number of amides is 2. The molecule has 2 heterocycles. The summed E-state index contributed by atoms with van der Waals surface area (Å²) in [5.41, 5.74) is 2.63. The number of carbonyl (C=O) groups excluding carboxylic acids is 2.